The number of nitrogens with zero attached hydrogens (tertiary/aromatic N) is 1. The SMILES string of the molecule is CC(C)[C@@H](CO)Nc1ccc(Br)cc1[N+](=O)[O-]. The van der Waals surface area contributed by atoms with Crippen LogP contribution in [0.4, 0.5) is 11.4 Å². The fourth-order valence-electron chi connectivity index (χ4n) is 1.40. The number of aliphatic hydroxyl groups excluding tert-OH is 1. The van der Waals surface area contributed by atoms with Crippen molar-refractivity contribution in [3.05, 3.63) is 32.8 Å². The molecule has 1 rings (SSSR count). The Morgan fingerprint density at radius 3 is 2.65 bits per heavy atom. The maximum absolute atomic E-state index is 10.9. The lowest BCUT2D eigenvalue weighted by Gasteiger charge is -2.21. The molecular weight excluding hydrogens is 288 g/mol. The largest absolute Gasteiger partial charge is 0.394 e. The van der Waals surface area contributed by atoms with Crippen molar-refractivity contribution >= 4 is 27.3 Å². The van der Waals surface area contributed by atoms with Gasteiger partial charge in [0.1, 0.15) is 5.69 Å². The van der Waals surface area contributed by atoms with Crippen LogP contribution in [0.25, 0.3) is 0 Å². The highest BCUT2D eigenvalue weighted by molar-refractivity contribution is 9.10. The van der Waals surface area contributed by atoms with Gasteiger partial charge in [-0.15, -0.1) is 0 Å². The molecule has 0 bridgehead atoms. The molecule has 0 heterocycles. The summed E-state index contributed by atoms with van der Waals surface area (Å²) in [6.45, 7) is 3.82. The monoisotopic (exact) mass is 302 g/mol. The van der Waals surface area contributed by atoms with Gasteiger partial charge in [0, 0.05) is 10.5 Å². The zero-order valence-electron chi connectivity index (χ0n) is 9.68. The number of aliphatic hydroxyl groups is 1. The first-order chi connectivity index (χ1) is 7.95. The van der Waals surface area contributed by atoms with Gasteiger partial charge in [0.25, 0.3) is 5.69 Å². The van der Waals surface area contributed by atoms with E-state index in [9.17, 15) is 15.2 Å². The van der Waals surface area contributed by atoms with Crippen LogP contribution in [0.2, 0.25) is 0 Å². The van der Waals surface area contributed by atoms with Crippen LogP contribution in [0.1, 0.15) is 13.8 Å². The van der Waals surface area contributed by atoms with Crippen LogP contribution in [0.5, 0.6) is 0 Å². The molecule has 0 saturated carbocycles. The fraction of sp³-hybridized carbons (Fsp3) is 0.455. The number of nitro benzene ring substituents is 1. The number of halogens is 1. The maximum Gasteiger partial charge on any atom is 0.293 e. The van der Waals surface area contributed by atoms with Gasteiger partial charge in [-0.25, -0.2) is 0 Å². The smallest absolute Gasteiger partial charge is 0.293 e. The molecule has 0 radical (unpaired) electrons. The third-order valence-electron chi connectivity index (χ3n) is 2.50. The molecule has 0 amide bonds. The van der Waals surface area contributed by atoms with E-state index < -0.39 is 4.92 Å². The number of nitro groups is 1. The molecule has 0 aliphatic heterocycles. The Hall–Kier alpha value is -1.14. The van der Waals surface area contributed by atoms with Crippen molar-refractivity contribution in [1.82, 2.24) is 0 Å². The van der Waals surface area contributed by atoms with Gasteiger partial charge in [-0.2, -0.15) is 0 Å². The molecule has 1 aromatic carbocycles. The molecule has 6 heteroatoms. The third kappa shape index (κ3) is 3.67. The van der Waals surface area contributed by atoms with Gasteiger partial charge in [-0.05, 0) is 18.1 Å². The highest BCUT2D eigenvalue weighted by Crippen LogP contribution is 2.29. The minimum Gasteiger partial charge on any atom is -0.394 e. The zero-order valence-corrected chi connectivity index (χ0v) is 11.3. The zero-order chi connectivity index (χ0) is 13.0. The van der Waals surface area contributed by atoms with Gasteiger partial charge in [-0.3, -0.25) is 10.1 Å². The summed E-state index contributed by atoms with van der Waals surface area (Å²) in [5.74, 6) is 0.184. The van der Waals surface area contributed by atoms with Crippen LogP contribution >= 0.6 is 15.9 Å². The Bertz CT molecular complexity index is 410. The van der Waals surface area contributed by atoms with Crippen molar-refractivity contribution in [3.8, 4) is 0 Å². The molecule has 0 aliphatic carbocycles. The topological polar surface area (TPSA) is 75.4 Å². The molecule has 0 aromatic heterocycles. The van der Waals surface area contributed by atoms with Gasteiger partial charge in [0.05, 0.1) is 17.6 Å². The second-order valence-corrected chi connectivity index (χ2v) is 5.01. The minimum absolute atomic E-state index is 0.00141. The van der Waals surface area contributed by atoms with Gasteiger partial charge in [0.15, 0.2) is 0 Å². The summed E-state index contributed by atoms with van der Waals surface area (Å²) < 4.78 is 0.653. The summed E-state index contributed by atoms with van der Waals surface area (Å²) in [4.78, 5) is 10.5. The van der Waals surface area contributed by atoms with E-state index in [0.29, 0.717) is 10.2 Å². The minimum atomic E-state index is -0.443. The summed E-state index contributed by atoms with van der Waals surface area (Å²) >= 11 is 3.20. The Kier molecular flexibility index (Phi) is 4.89. The van der Waals surface area contributed by atoms with Crippen LogP contribution in [0, 0.1) is 16.0 Å². The summed E-state index contributed by atoms with van der Waals surface area (Å²) in [6, 6.07) is 4.60. The van der Waals surface area contributed by atoms with E-state index in [1.165, 1.54) is 6.07 Å². The Balaban J connectivity index is 3.01. The van der Waals surface area contributed by atoms with Crippen LogP contribution in [0.15, 0.2) is 22.7 Å². The third-order valence-corrected chi connectivity index (χ3v) is 2.99. The van der Waals surface area contributed by atoms with Crippen LogP contribution in [-0.2, 0) is 0 Å². The molecule has 2 N–H and O–H groups in total. The van der Waals surface area contributed by atoms with E-state index in [2.05, 4.69) is 21.2 Å². The van der Waals surface area contributed by atoms with Gasteiger partial charge < -0.3 is 10.4 Å². The van der Waals surface area contributed by atoms with Crippen LogP contribution in [0.3, 0.4) is 0 Å². The Labute approximate surface area is 108 Å². The highest BCUT2D eigenvalue weighted by Gasteiger charge is 2.19. The first-order valence-electron chi connectivity index (χ1n) is 5.27. The molecule has 17 heavy (non-hydrogen) atoms. The van der Waals surface area contributed by atoms with Gasteiger partial charge >= 0.3 is 0 Å². The number of hydrogen-bond acceptors (Lipinski definition) is 4. The standard InChI is InChI=1S/C11H15BrN2O3/c1-7(2)10(6-15)13-9-4-3-8(12)5-11(9)14(16)17/h3-5,7,10,13,15H,6H2,1-2H3/t10-/m1/s1. The van der Waals surface area contributed by atoms with Crippen molar-refractivity contribution in [2.75, 3.05) is 11.9 Å². The van der Waals surface area contributed by atoms with E-state index >= 15 is 0 Å². The summed E-state index contributed by atoms with van der Waals surface area (Å²) in [5, 5.41) is 23.1. The second kappa shape index (κ2) is 5.97. The lowest BCUT2D eigenvalue weighted by molar-refractivity contribution is -0.384. The number of nitrogens with one attached hydrogen (secondary N) is 1. The molecule has 0 aliphatic rings. The van der Waals surface area contributed by atoms with E-state index in [1.54, 1.807) is 12.1 Å². The maximum atomic E-state index is 10.9. The predicted molar refractivity (Wildman–Crippen MR) is 70.1 cm³/mol. The fourth-order valence-corrected chi connectivity index (χ4v) is 1.75. The van der Waals surface area contributed by atoms with Crippen LogP contribution in [-0.4, -0.2) is 22.7 Å². The van der Waals surface area contributed by atoms with Crippen LogP contribution < -0.4 is 5.32 Å². The normalized spacial score (nSPS) is 12.5. The highest BCUT2D eigenvalue weighted by atomic mass is 79.9. The van der Waals surface area contributed by atoms with Crippen molar-refractivity contribution < 1.29 is 10.0 Å². The molecule has 94 valence electrons. The second-order valence-electron chi connectivity index (χ2n) is 4.10. The average molecular weight is 303 g/mol. The first-order valence-corrected chi connectivity index (χ1v) is 6.06. The molecule has 1 aromatic rings. The molecule has 0 fully saturated rings. The molecular formula is C11H15BrN2O3. The number of rotatable bonds is 5. The number of anilines is 1. The van der Waals surface area contributed by atoms with E-state index in [1.807, 2.05) is 13.8 Å². The Morgan fingerprint density at radius 2 is 2.18 bits per heavy atom. The van der Waals surface area contributed by atoms with Crippen molar-refractivity contribution in [2.45, 2.75) is 19.9 Å². The van der Waals surface area contributed by atoms with E-state index in [0.717, 1.165) is 0 Å². The van der Waals surface area contributed by atoms with E-state index in [-0.39, 0.29) is 24.3 Å². The molecule has 5 nitrogen and oxygen atoms in total. The average Bonchev–Trinajstić information content (AvgIpc) is 2.26. The number of benzene rings is 1. The van der Waals surface area contributed by atoms with Crippen molar-refractivity contribution in [2.24, 2.45) is 5.92 Å². The summed E-state index contributed by atoms with van der Waals surface area (Å²) in [5.41, 5.74) is 0.421. The lowest BCUT2D eigenvalue weighted by Crippen LogP contribution is -2.29. The Morgan fingerprint density at radius 1 is 1.53 bits per heavy atom. The quantitative estimate of drug-likeness (QED) is 0.648. The molecule has 0 saturated heterocycles. The first kappa shape index (κ1) is 13.9. The molecule has 0 unspecified atom stereocenters. The lowest BCUT2D eigenvalue weighted by atomic mass is 10.0. The molecule has 0 spiro atoms. The summed E-state index contributed by atoms with van der Waals surface area (Å²) in [7, 11) is 0. The van der Waals surface area contributed by atoms with Gasteiger partial charge in [0.2, 0.25) is 0 Å². The van der Waals surface area contributed by atoms with Gasteiger partial charge in [-0.1, -0.05) is 29.8 Å². The van der Waals surface area contributed by atoms with E-state index in [4.69, 9.17) is 0 Å². The van der Waals surface area contributed by atoms with Crippen molar-refractivity contribution in [3.63, 3.8) is 0 Å². The summed E-state index contributed by atoms with van der Waals surface area (Å²) in [6.07, 6.45) is 0. The number of hydrogen-bond donors (Lipinski definition) is 2. The predicted octanol–water partition coefficient (Wildman–Crippen LogP) is 2.79. The molecule has 1 atom stereocenters. The van der Waals surface area contributed by atoms with Crippen molar-refractivity contribution in [1.29, 1.82) is 0 Å².